The minimum Gasteiger partial charge on any atom is -0.355 e. The Morgan fingerprint density at radius 1 is 0.895 bits per heavy atom. The second kappa shape index (κ2) is 5.72. The lowest BCUT2D eigenvalue weighted by Crippen LogP contribution is -1.92. The van der Waals surface area contributed by atoms with Crippen LogP contribution in [0.5, 0.6) is 0 Å². The van der Waals surface area contributed by atoms with Crippen molar-refractivity contribution in [2.24, 2.45) is 0 Å². The summed E-state index contributed by atoms with van der Waals surface area (Å²) < 4.78 is 0. The molecule has 0 amide bonds. The maximum absolute atomic E-state index is 4.36. The first-order valence-electron chi connectivity index (χ1n) is 6.00. The topological polar surface area (TPSA) is 24.9 Å². The highest BCUT2D eigenvalue weighted by Crippen LogP contribution is 2.24. The van der Waals surface area contributed by atoms with Crippen molar-refractivity contribution in [3.8, 4) is 0 Å². The summed E-state index contributed by atoms with van der Waals surface area (Å²) in [7, 11) is 0. The highest BCUT2D eigenvalue weighted by molar-refractivity contribution is 5.92. The number of para-hydroxylation sites is 1. The van der Waals surface area contributed by atoms with Gasteiger partial charge in [-0.15, -0.1) is 12.4 Å². The highest BCUT2D eigenvalue weighted by Gasteiger charge is 2.01. The van der Waals surface area contributed by atoms with E-state index < -0.39 is 0 Å². The van der Waals surface area contributed by atoms with Gasteiger partial charge in [0, 0.05) is 23.0 Å². The van der Waals surface area contributed by atoms with Crippen molar-refractivity contribution >= 4 is 34.7 Å². The van der Waals surface area contributed by atoms with Gasteiger partial charge >= 0.3 is 0 Å². The number of nitrogens with zero attached hydrogens (tertiary/aromatic N) is 1. The van der Waals surface area contributed by atoms with Crippen LogP contribution in [0.15, 0.2) is 60.8 Å². The Morgan fingerprint density at radius 3 is 2.42 bits per heavy atom. The molecule has 3 heteroatoms. The van der Waals surface area contributed by atoms with Crippen LogP contribution in [-0.2, 0) is 0 Å². The van der Waals surface area contributed by atoms with Crippen molar-refractivity contribution in [2.45, 2.75) is 6.92 Å². The average Bonchev–Trinajstić information content (AvgIpc) is 2.42. The molecule has 2 nitrogen and oxygen atoms in total. The molecule has 3 aromatic rings. The number of benzene rings is 2. The Bertz CT molecular complexity index is 672. The van der Waals surface area contributed by atoms with E-state index in [0.717, 1.165) is 22.3 Å². The maximum atomic E-state index is 4.36. The minimum absolute atomic E-state index is 0. The maximum Gasteiger partial charge on any atom is 0.0722 e. The summed E-state index contributed by atoms with van der Waals surface area (Å²) in [5, 5.41) is 4.57. The van der Waals surface area contributed by atoms with Crippen LogP contribution in [0.3, 0.4) is 0 Å². The van der Waals surface area contributed by atoms with E-state index in [9.17, 15) is 0 Å². The van der Waals surface area contributed by atoms with Crippen molar-refractivity contribution in [1.29, 1.82) is 0 Å². The number of fused-ring (bicyclic) bond motifs is 1. The number of hydrogen-bond acceptors (Lipinski definition) is 2. The van der Waals surface area contributed by atoms with Crippen molar-refractivity contribution in [3.05, 3.63) is 66.4 Å². The fourth-order valence-electron chi connectivity index (χ4n) is 2.00. The standard InChI is InChI=1S/C16H14N2.ClH/c1-12-6-8-13(9-7-12)18-16-10-11-17-15-5-3-2-4-14(15)16;/h2-11H,1H3,(H,17,18);1H. The van der Waals surface area contributed by atoms with Gasteiger partial charge in [0.15, 0.2) is 0 Å². The summed E-state index contributed by atoms with van der Waals surface area (Å²) in [6.45, 7) is 2.09. The molecule has 0 aliphatic heterocycles. The predicted molar refractivity (Wildman–Crippen MR) is 83.5 cm³/mol. The number of hydrogen-bond donors (Lipinski definition) is 1. The van der Waals surface area contributed by atoms with Gasteiger partial charge in [-0.1, -0.05) is 35.9 Å². The normalized spacial score (nSPS) is 9.95. The summed E-state index contributed by atoms with van der Waals surface area (Å²) in [6, 6.07) is 18.5. The molecular weight excluding hydrogens is 256 g/mol. The number of anilines is 2. The lowest BCUT2D eigenvalue weighted by molar-refractivity contribution is 1.40. The largest absolute Gasteiger partial charge is 0.355 e. The molecule has 0 saturated heterocycles. The van der Waals surface area contributed by atoms with Gasteiger partial charge in [-0.05, 0) is 31.2 Å². The van der Waals surface area contributed by atoms with Crippen LogP contribution in [0.1, 0.15) is 5.56 Å². The van der Waals surface area contributed by atoms with E-state index in [-0.39, 0.29) is 12.4 Å². The van der Waals surface area contributed by atoms with Gasteiger partial charge in [0.2, 0.25) is 0 Å². The number of aromatic nitrogens is 1. The fourth-order valence-corrected chi connectivity index (χ4v) is 2.00. The fraction of sp³-hybridized carbons (Fsp3) is 0.0625. The quantitative estimate of drug-likeness (QED) is 0.729. The van der Waals surface area contributed by atoms with Crippen molar-refractivity contribution in [1.82, 2.24) is 4.98 Å². The van der Waals surface area contributed by atoms with Crippen LogP contribution < -0.4 is 5.32 Å². The van der Waals surface area contributed by atoms with E-state index in [1.807, 2.05) is 30.5 Å². The van der Waals surface area contributed by atoms with E-state index >= 15 is 0 Å². The third-order valence-electron chi connectivity index (χ3n) is 2.98. The number of halogens is 1. The van der Waals surface area contributed by atoms with Gasteiger partial charge in [-0.2, -0.15) is 0 Å². The lowest BCUT2D eigenvalue weighted by atomic mass is 10.1. The Balaban J connectivity index is 0.00000133. The van der Waals surface area contributed by atoms with E-state index in [1.54, 1.807) is 0 Å². The van der Waals surface area contributed by atoms with E-state index in [0.29, 0.717) is 0 Å². The van der Waals surface area contributed by atoms with Crippen molar-refractivity contribution in [2.75, 3.05) is 5.32 Å². The van der Waals surface area contributed by atoms with Crippen molar-refractivity contribution in [3.63, 3.8) is 0 Å². The monoisotopic (exact) mass is 270 g/mol. The zero-order chi connectivity index (χ0) is 12.4. The van der Waals surface area contributed by atoms with Crippen LogP contribution in [0, 0.1) is 6.92 Å². The molecule has 0 bridgehead atoms. The van der Waals surface area contributed by atoms with Crippen LogP contribution >= 0.6 is 12.4 Å². The van der Waals surface area contributed by atoms with Gasteiger partial charge in [0.1, 0.15) is 0 Å². The Hall–Kier alpha value is -2.06. The molecule has 0 unspecified atom stereocenters. The molecule has 0 fully saturated rings. The first-order chi connectivity index (χ1) is 8.83. The van der Waals surface area contributed by atoms with Gasteiger partial charge in [-0.25, -0.2) is 0 Å². The number of rotatable bonds is 2. The predicted octanol–water partition coefficient (Wildman–Crippen LogP) is 4.71. The molecule has 0 saturated carbocycles. The molecular formula is C16H15ClN2. The summed E-state index contributed by atoms with van der Waals surface area (Å²) in [5.41, 5.74) is 4.45. The highest BCUT2D eigenvalue weighted by atomic mass is 35.5. The zero-order valence-corrected chi connectivity index (χ0v) is 11.4. The molecule has 19 heavy (non-hydrogen) atoms. The SMILES string of the molecule is Cc1ccc(Nc2ccnc3ccccc23)cc1.Cl. The van der Waals surface area contributed by atoms with Crippen LogP contribution in [0.4, 0.5) is 11.4 Å². The molecule has 0 aliphatic carbocycles. The van der Waals surface area contributed by atoms with E-state index in [4.69, 9.17) is 0 Å². The third kappa shape index (κ3) is 2.85. The van der Waals surface area contributed by atoms with Gasteiger partial charge in [0.25, 0.3) is 0 Å². The second-order valence-electron chi connectivity index (χ2n) is 4.37. The zero-order valence-electron chi connectivity index (χ0n) is 10.6. The minimum atomic E-state index is 0. The molecule has 1 aromatic heterocycles. The molecule has 0 spiro atoms. The molecule has 1 heterocycles. The summed E-state index contributed by atoms with van der Waals surface area (Å²) in [4.78, 5) is 4.36. The Labute approximate surface area is 118 Å². The Kier molecular flexibility index (Phi) is 4.03. The first kappa shape index (κ1) is 13.4. The molecule has 0 atom stereocenters. The second-order valence-corrected chi connectivity index (χ2v) is 4.37. The molecule has 96 valence electrons. The summed E-state index contributed by atoms with van der Waals surface area (Å²) >= 11 is 0. The van der Waals surface area contributed by atoms with Gasteiger partial charge in [-0.3, -0.25) is 4.98 Å². The third-order valence-corrected chi connectivity index (χ3v) is 2.98. The van der Waals surface area contributed by atoms with Crippen LogP contribution in [0.2, 0.25) is 0 Å². The molecule has 3 rings (SSSR count). The van der Waals surface area contributed by atoms with Gasteiger partial charge in [0.05, 0.1) is 5.52 Å². The summed E-state index contributed by atoms with van der Waals surface area (Å²) in [6.07, 6.45) is 1.83. The molecule has 2 aromatic carbocycles. The molecule has 0 radical (unpaired) electrons. The summed E-state index contributed by atoms with van der Waals surface area (Å²) in [5.74, 6) is 0. The molecule has 0 aliphatic rings. The van der Waals surface area contributed by atoms with E-state index in [2.05, 4.69) is 47.6 Å². The number of pyridine rings is 1. The molecule has 1 N–H and O–H groups in total. The van der Waals surface area contributed by atoms with Crippen LogP contribution in [-0.4, -0.2) is 4.98 Å². The Morgan fingerprint density at radius 2 is 1.63 bits per heavy atom. The smallest absolute Gasteiger partial charge is 0.0722 e. The van der Waals surface area contributed by atoms with E-state index in [1.165, 1.54) is 5.56 Å². The average molecular weight is 271 g/mol. The first-order valence-corrected chi connectivity index (χ1v) is 6.00. The van der Waals surface area contributed by atoms with Gasteiger partial charge < -0.3 is 5.32 Å². The van der Waals surface area contributed by atoms with Crippen molar-refractivity contribution < 1.29 is 0 Å². The number of nitrogens with one attached hydrogen (secondary N) is 1. The van der Waals surface area contributed by atoms with Crippen LogP contribution in [0.25, 0.3) is 10.9 Å². The lowest BCUT2D eigenvalue weighted by Gasteiger charge is -2.09. The number of aryl methyl sites for hydroxylation is 1.